The van der Waals surface area contributed by atoms with Crippen LogP contribution in [0.1, 0.15) is 0 Å². The summed E-state index contributed by atoms with van der Waals surface area (Å²) in [6.07, 6.45) is 3.19. The fourth-order valence-electron chi connectivity index (χ4n) is 0.805. The lowest BCUT2D eigenvalue weighted by Crippen LogP contribution is -1.81. The second-order valence-electron chi connectivity index (χ2n) is 2.59. The lowest BCUT2D eigenvalue weighted by atomic mass is 10.3. The van der Waals surface area contributed by atoms with E-state index in [0.29, 0.717) is 5.75 Å². The summed E-state index contributed by atoms with van der Waals surface area (Å²) in [5, 5.41) is 0. The largest absolute Gasteiger partial charge is 0.465 e. The second-order valence-corrected chi connectivity index (χ2v) is 8.68. The van der Waals surface area contributed by atoms with Gasteiger partial charge in [0.1, 0.15) is 5.75 Å². The van der Waals surface area contributed by atoms with Crippen LogP contribution in [0.25, 0.3) is 0 Å². The van der Waals surface area contributed by atoms with Crippen LogP contribution in [-0.2, 0) is 11.8 Å². The van der Waals surface area contributed by atoms with Gasteiger partial charge in [-0.2, -0.15) is 0 Å². The molecule has 0 spiro atoms. The summed E-state index contributed by atoms with van der Waals surface area (Å²) in [7, 11) is 0. The Hall–Kier alpha value is -0.320. The first-order valence-corrected chi connectivity index (χ1v) is 8.44. The van der Waals surface area contributed by atoms with Gasteiger partial charge in [0.05, 0.1) is 6.26 Å². The van der Waals surface area contributed by atoms with E-state index in [1.807, 2.05) is 30.3 Å². The molecular formula is C9H11O3PS2. The van der Waals surface area contributed by atoms with Crippen molar-refractivity contribution in [1.29, 1.82) is 0 Å². The predicted molar refractivity (Wildman–Crippen MR) is 67.4 cm³/mol. The Morgan fingerprint density at radius 1 is 1.33 bits per heavy atom. The van der Waals surface area contributed by atoms with Gasteiger partial charge in [-0.15, -0.1) is 0 Å². The minimum Gasteiger partial charge on any atom is -0.465 e. The Kier molecular flexibility index (Phi) is 5.36. The zero-order chi connectivity index (χ0) is 11.1. The third-order valence-electron chi connectivity index (χ3n) is 1.38. The molecule has 82 valence electrons. The molecule has 1 aromatic rings. The van der Waals surface area contributed by atoms with Gasteiger partial charge in [-0.25, -0.2) is 0 Å². The molecule has 0 atom stereocenters. The Morgan fingerprint density at radius 3 is 2.60 bits per heavy atom. The van der Waals surface area contributed by atoms with Crippen LogP contribution in [0.5, 0.6) is 5.75 Å². The number of hydrogen-bond acceptors (Lipinski definition) is 3. The first-order valence-electron chi connectivity index (χ1n) is 4.15. The number of hydrogen-bond donors (Lipinski definition) is 2. The zero-order valence-electron chi connectivity index (χ0n) is 7.81. The smallest absolute Gasteiger partial charge is 0.242 e. The third kappa shape index (κ3) is 6.71. The van der Waals surface area contributed by atoms with Gasteiger partial charge in [-0.3, -0.25) is 0 Å². The van der Waals surface area contributed by atoms with Crippen LogP contribution in [0.2, 0.25) is 0 Å². The van der Waals surface area contributed by atoms with Gasteiger partial charge in [0.25, 0.3) is 0 Å². The first kappa shape index (κ1) is 12.7. The van der Waals surface area contributed by atoms with Crippen molar-refractivity contribution in [2.45, 2.75) is 0 Å². The van der Waals surface area contributed by atoms with Crippen molar-refractivity contribution in [1.82, 2.24) is 0 Å². The summed E-state index contributed by atoms with van der Waals surface area (Å²) in [6.45, 7) is 0. The lowest BCUT2D eigenvalue weighted by Gasteiger charge is -2.02. The fraction of sp³-hybridized carbons (Fsp3) is 0.111. The Labute approximate surface area is 97.7 Å². The van der Waals surface area contributed by atoms with E-state index in [9.17, 15) is 0 Å². The van der Waals surface area contributed by atoms with Gasteiger partial charge in [0.15, 0.2) is 0 Å². The highest BCUT2D eigenvalue weighted by Gasteiger charge is 2.04. The molecule has 15 heavy (non-hydrogen) atoms. The highest BCUT2D eigenvalue weighted by molar-refractivity contribution is 8.67. The van der Waals surface area contributed by atoms with Crippen LogP contribution < -0.4 is 4.74 Å². The zero-order valence-corrected chi connectivity index (χ0v) is 10.3. The topological polar surface area (TPSA) is 49.7 Å². The van der Waals surface area contributed by atoms with Gasteiger partial charge in [-0.1, -0.05) is 29.6 Å². The minimum atomic E-state index is -3.13. The van der Waals surface area contributed by atoms with Gasteiger partial charge in [-0.05, 0) is 30.0 Å². The van der Waals surface area contributed by atoms with Crippen molar-refractivity contribution >= 4 is 28.9 Å². The van der Waals surface area contributed by atoms with Gasteiger partial charge in [0, 0.05) is 5.75 Å². The summed E-state index contributed by atoms with van der Waals surface area (Å²) in [5.41, 5.74) is -3.13. The van der Waals surface area contributed by atoms with E-state index in [-0.39, 0.29) is 0 Å². The van der Waals surface area contributed by atoms with Crippen molar-refractivity contribution < 1.29 is 14.5 Å². The highest BCUT2D eigenvalue weighted by Crippen LogP contribution is 2.50. The van der Waals surface area contributed by atoms with Crippen LogP contribution in [-0.4, -0.2) is 15.5 Å². The first-order chi connectivity index (χ1) is 7.08. The minimum absolute atomic E-state index is 0.428. The van der Waals surface area contributed by atoms with Crippen LogP contribution in [0.4, 0.5) is 0 Å². The van der Waals surface area contributed by atoms with Crippen LogP contribution in [0.15, 0.2) is 42.7 Å². The molecule has 0 bridgehead atoms. The Bertz CT molecular complexity index is 361. The van der Waals surface area contributed by atoms with Crippen LogP contribution in [0, 0.1) is 0 Å². The average molecular weight is 262 g/mol. The summed E-state index contributed by atoms with van der Waals surface area (Å²) in [5.74, 6) is 1.17. The summed E-state index contributed by atoms with van der Waals surface area (Å²) >= 11 is 5.38. The number of rotatable bonds is 5. The van der Waals surface area contributed by atoms with Gasteiger partial charge in [0.2, 0.25) is 5.69 Å². The normalized spacial score (nSPS) is 11.9. The molecule has 1 rings (SSSR count). The maximum Gasteiger partial charge on any atom is 0.242 e. The van der Waals surface area contributed by atoms with Gasteiger partial charge < -0.3 is 14.5 Å². The average Bonchev–Trinajstić information content (AvgIpc) is 2.17. The maximum absolute atomic E-state index is 8.90. The Balaban J connectivity index is 2.26. The quantitative estimate of drug-likeness (QED) is 0.631. The van der Waals surface area contributed by atoms with E-state index < -0.39 is 5.69 Å². The molecular weight excluding hydrogens is 251 g/mol. The van der Waals surface area contributed by atoms with E-state index in [1.165, 1.54) is 6.26 Å². The molecule has 3 nitrogen and oxygen atoms in total. The summed E-state index contributed by atoms with van der Waals surface area (Å²) < 4.78 is 5.24. The molecule has 0 unspecified atom stereocenters. The van der Waals surface area contributed by atoms with E-state index in [2.05, 4.69) is 11.8 Å². The maximum atomic E-state index is 8.90. The van der Waals surface area contributed by atoms with Crippen LogP contribution in [0.3, 0.4) is 0 Å². The molecule has 0 aliphatic carbocycles. The second kappa shape index (κ2) is 6.30. The molecule has 0 fully saturated rings. The standard InChI is InChI=1S/C9H11O3PS2/c10-13(11,14)15-8-4-7-12-9-5-2-1-3-6-9/h1-7H,8H2,(H2,10,11,14). The van der Waals surface area contributed by atoms with Crippen molar-refractivity contribution in [3.63, 3.8) is 0 Å². The lowest BCUT2D eigenvalue weighted by molar-refractivity contribution is 0.480. The SMILES string of the molecule is OP(O)(=S)SCC=COc1ccccc1. The fourth-order valence-corrected chi connectivity index (χ4v) is 2.55. The van der Waals surface area contributed by atoms with Crippen molar-refractivity contribution in [3.8, 4) is 5.75 Å². The van der Waals surface area contributed by atoms with E-state index >= 15 is 0 Å². The molecule has 0 heterocycles. The number of para-hydroxylation sites is 1. The molecule has 0 aliphatic heterocycles. The summed E-state index contributed by atoms with van der Waals surface area (Å²) in [6, 6.07) is 9.32. The van der Waals surface area contributed by atoms with E-state index in [4.69, 9.17) is 14.5 Å². The molecule has 0 saturated heterocycles. The molecule has 0 amide bonds. The van der Waals surface area contributed by atoms with Crippen molar-refractivity contribution in [2.24, 2.45) is 0 Å². The third-order valence-corrected chi connectivity index (χ3v) is 4.47. The number of benzene rings is 1. The van der Waals surface area contributed by atoms with Crippen LogP contribution >= 0.6 is 17.1 Å². The molecule has 0 radical (unpaired) electrons. The predicted octanol–water partition coefficient (Wildman–Crippen LogP) is 2.52. The molecule has 2 N–H and O–H groups in total. The molecule has 6 heteroatoms. The number of ether oxygens (including phenoxy) is 1. The van der Waals surface area contributed by atoms with E-state index in [1.54, 1.807) is 6.08 Å². The molecule has 0 saturated carbocycles. The molecule has 1 aromatic carbocycles. The molecule has 0 aliphatic rings. The van der Waals surface area contributed by atoms with Gasteiger partial charge >= 0.3 is 0 Å². The summed E-state index contributed by atoms with van der Waals surface area (Å²) in [4.78, 5) is 17.8. The highest BCUT2D eigenvalue weighted by atomic mass is 32.9. The van der Waals surface area contributed by atoms with Crippen molar-refractivity contribution in [2.75, 3.05) is 5.75 Å². The van der Waals surface area contributed by atoms with Crippen molar-refractivity contribution in [3.05, 3.63) is 42.7 Å². The monoisotopic (exact) mass is 262 g/mol. The van der Waals surface area contributed by atoms with E-state index in [0.717, 1.165) is 17.1 Å². The molecule has 0 aromatic heterocycles. The Morgan fingerprint density at radius 2 is 2.00 bits per heavy atom.